The molecule has 0 atom stereocenters. The molecule has 2 N–H and O–H groups in total. The van der Waals surface area contributed by atoms with Gasteiger partial charge in [0, 0.05) is 35.0 Å². The summed E-state index contributed by atoms with van der Waals surface area (Å²) in [7, 11) is -3.77. The van der Waals surface area contributed by atoms with E-state index in [4.69, 9.17) is 5.73 Å². The molecule has 9 heteroatoms. The fourth-order valence-corrected chi connectivity index (χ4v) is 5.01. The number of alkyl halides is 3. The van der Waals surface area contributed by atoms with Gasteiger partial charge in [0.15, 0.2) is 0 Å². The molecule has 1 aliphatic heterocycles. The van der Waals surface area contributed by atoms with Gasteiger partial charge in [0.2, 0.25) is 10.0 Å². The zero-order chi connectivity index (χ0) is 15.8. The molecule has 0 fully saturated rings. The van der Waals surface area contributed by atoms with Crippen LogP contribution in [0.2, 0.25) is 0 Å². The smallest absolute Gasteiger partial charge is 0.326 e. The van der Waals surface area contributed by atoms with Crippen molar-refractivity contribution in [3.05, 3.63) is 27.5 Å². The Bertz CT molecular complexity index is 663. The van der Waals surface area contributed by atoms with Crippen LogP contribution in [0.15, 0.2) is 22.6 Å². The Morgan fingerprint density at radius 1 is 1.43 bits per heavy atom. The number of nitrogens with zero attached hydrogens (tertiary/aromatic N) is 1. The standard InChI is InChI=1S/C12H15F3N2O2S2/c1-8-11(6-10(7-16)20-8)21(18,19)17-4-2-9(3-5-17)12(13,14)15/h2,6H,3-5,7,16H2,1H3. The molecule has 2 heterocycles. The maximum Gasteiger partial charge on any atom is 0.412 e. The molecule has 0 saturated carbocycles. The second-order valence-corrected chi connectivity index (χ2v) is 7.92. The highest BCUT2D eigenvalue weighted by molar-refractivity contribution is 7.89. The predicted octanol–water partition coefficient (Wildman–Crippen LogP) is 2.40. The summed E-state index contributed by atoms with van der Waals surface area (Å²) in [4.78, 5) is 1.47. The maximum absolute atomic E-state index is 12.6. The number of sulfonamides is 1. The van der Waals surface area contributed by atoms with E-state index in [2.05, 4.69) is 0 Å². The van der Waals surface area contributed by atoms with Crippen molar-refractivity contribution < 1.29 is 21.6 Å². The second kappa shape index (κ2) is 5.71. The van der Waals surface area contributed by atoms with Gasteiger partial charge < -0.3 is 5.73 Å². The van der Waals surface area contributed by atoms with E-state index in [9.17, 15) is 21.6 Å². The molecule has 1 aromatic heterocycles. The Balaban J connectivity index is 2.26. The lowest BCUT2D eigenvalue weighted by molar-refractivity contribution is -0.0953. The molecule has 4 nitrogen and oxygen atoms in total. The minimum atomic E-state index is -4.39. The summed E-state index contributed by atoms with van der Waals surface area (Å²) < 4.78 is 63.7. The molecule has 1 aromatic rings. The van der Waals surface area contributed by atoms with Crippen molar-refractivity contribution in [2.45, 2.75) is 31.0 Å². The summed E-state index contributed by atoms with van der Waals surface area (Å²) in [5.74, 6) is 0. The Morgan fingerprint density at radius 2 is 2.10 bits per heavy atom. The van der Waals surface area contributed by atoms with Gasteiger partial charge in [-0.15, -0.1) is 11.3 Å². The highest BCUT2D eigenvalue weighted by atomic mass is 32.2. The Labute approximate surface area is 125 Å². The van der Waals surface area contributed by atoms with Crippen LogP contribution in [0.25, 0.3) is 0 Å². The van der Waals surface area contributed by atoms with Gasteiger partial charge in [-0.2, -0.15) is 17.5 Å². The van der Waals surface area contributed by atoms with E-state index in [1.54, 1.807) is 6.92 Å². The fourth-order valence-electron chi connectivity index (χ4n) is 2.15. The van der Waals surface area contributed by atoms with Crippen molar-refractivity contribution in [1.29, 1.82) is 0 Å². The van der Waals surface area contributed by atoms with Crippen molar-refractivity contribution in [3.8, 4) is 0 Å². The van der Waals surface area contributed by atoms with Gasteiger partial charge in [0.1, 0.15) is 0 Å². The van der Waals surface area contributed by atoms with Crippen molar-refractivity contribution in [2.75, 3.05) is 13.1 Å². The van der Waals surface area contributed by atoms with Gasteiger partial charge in [-0.05, 0) is 19.4 Å². The average molecular weight is 340 g/mol. The highest BCUT2D eigenvalue weighted by Crippen LogP contribution is 2.33. The van der Waals surface area contributed by atoms with Crippen molar-refractivity contribution >= 4 is 21.4 Å². The zero-order valence-electron chi connectivity index (χ0n) is 11.3. The lowest BCUT2D eigenvalue weighted by atomic mass is 10.1. The lowest BCUT2D eigenvalue weighted by Gasteiger charge is -2.26. The first kappa shape index (κ1) is 16.5. The van der Waals surface area contributed by atoms with Crippen LogP contribution >= 0.6 is 11.3 Å². The van der Waals surface area contributed by atoms with E-state index in [-0.39, 0.29) is 31.0 Å². The van der Waals surface area contributed by atoms with Gasteiger partial charge in [-0.3, -0.25) is 0 Å². The van der Waals surface area contributed by atoms with E-state index in [1.165, 1.54) is 17.4 Å². The first-order valence-corrected chi connectivity index (χ1v) is 8.47. The van der Waals surface area contributed by atoms with Crippen LogP contribution in [0, 0.1) is 6.92 Å². The Kier molecular flexibility index (Phi) is 4.48. The average Bonchev–Trinajstić information content (AvgIpc) is 2.80. The summed E-state index contributed by atoms with van der Waals surface area (Å²) >= 11 is 1.28. The number of halogens is 3. The molecule has 118 valence electrons. The quantitative estimate of drug-likeness (QED) is 0.860. The van der Waals surface area contributed by atoms with Crippen LogP contribution in [0.3, 0.4) is 0 Å². The van der Waals surface area contributed by atoms with Crippen LogP contribution in [0.4, 0.5) is 13.2 Å². The first-order valence-electron chi connectivity index (χ1n) is 6.22. The van der Waals surface area contributed by atoms with Crippen LogP contribution in [-0.4, -0.2) is 32.0 Å². The summed E-state index contributed by atoms with van der Waals surface area (Å²) in [6.45, 7) is 1.47. The summed E-state index contributed by atoms with van der Waals surface area (Å²) in [6.07, 6.45) is -3.77. The SMILES string of the molecule is Cc1sc(CN)cc1S(=O)(=O)N1CC=C(C(F)(F)F)CC1. The minimum absolute atomic E-state index is 0.136. The molecule has 0 amide bonds. The molecule has 0 radical (unpaired) electrons. The highest BCUT2D eigenvalue weighted by Gasteiger charge is 2.37. The summed E-state index contributed by atoms with van der Waals surface area (Å²) in [5, 5.41) is 0. The Morgan fingerprint density at radius 3 is 2.52 bits per heavy atom. The molecule has 0 bridgehead atoms. The molecule has 0 aromatic carbocycles. The van der Waals surface area contributed by atoms with Crippen LogP contribution in [-0.2, 0) is 16.6 Å². The number of aryl methyl sites for hydroxylation is 1. The van der Waals surface area contributed by atoms with E-state index in [1.807, 2.05) is 0 Å². The zero-order valence-corrected chi connectivity index (χ0v) is 12.9. The molecule has 0 spiro atoms. The summed E-state index contributed by atoms with van der Waals surface area (Å²) in [6, 6.07) is 1.50. The third-order valence-electron chi connectivity index (χ3n) is 3.28. The van der Waals surface area contributed by atoms with E-state index >= 15 is 0 Å². The minimum Gasteiger partial charge on any atom is -0.326 e. The van der Waals surface area contributed by atoms with Crippen LogP contribution < -0.4 is 5.73 Å². The molecule has 0 aliphatic carbocycles. The normalized spacial score (nSPS) is 17.9. The van der Waals surface area contributed by atoms with Gasteiger partial charge in [-0.1, -0.05) is 6.08 Å². The monoisotopic (exact) mass is 340 g/mol. The largest absolute Gasteiger partial charge is 0.412 e. The second-order valence-electron chi connectivity index (χ2n) is 4.68. The number of hydrogen-bond acceptors (Lipinski definition) is 4. The lowest BCUT2D eigenvalue weighted by Crippen LogP contribution is -2.36. The number of hydrogen-bond donors (Lipinski definition) is 1. The van der Waals surface area contributed by atoms with Gasteiger partial charge in [0.05, 0.1) is 4.90 Å². The Hall–Kier alpha value is -0.900. The number of nitrogens with two attached hydrogens (primary N) is 1. The van der Waals surface area contributed by atoms with Crippen molar-refractivity contribution in [2.24, 2.45) is 5.73 Å². The van der Waals surface area contributed by atoms with Gasteiger partial charge >= 0.3 is 6.18 Å². The predicted molar refractivity (Wildman–Crippen MR) is 74.5 cm³/mol. The van der Waals surface area contributed by atoms with Crippen LogP contribution in [0.5, 0.6) is 0 Å². The van der Waals surface area contributed by atoms with Crippen LogP contribution in [0.1, 0.15) is 16.2 Å². The molecule has 2 rings (SSSR count). The topological polar surface area (TPSA) is 63.4 Å². The van der Waals surface area contributed by atoms with Gasteiger partial charge in [0.25, 0.3) is 0 Å². The van der Waals surface area contributed by atoms with E-state index in [0.717, 1.165) is 15.3 Å². The third kappa shape index (κ3) is 3.31. The van der Waals surface area contributed by atoms with Gasteiger partial charge in [-0.25, -0.2) is 8.42 Å². The molecule has 0 saturated heterocycles. The van der Waals surface area contributed by atoms with E-state index in [0.29, 0.717) is 4.88 Å². The first-order chi connectivity index (χ1) is 9.66. The molecule has 21 heavy (non-hydrogen) atoms. The summed E-state index contributed by atoms with van der Waals surface area (Å²) in [5.41, 5.74) is 4.82. The molecular formula is C12H15F3N2O2S2. The molecule has 1 aliphatic rings. The third-order valence-corrected chi connectivity index (χ3v) is 6.47. The van der Waals surface area contributed by atoms with Crippen molar-refractivity contribution in [3.63, 3.8) is 0 Å². The number of thiophene rings is 1. The van der Waals surface area contributed by atoms with Crippen molar-refractivity contribution in [1.82, 2.24) is 4.31 Å². The number of rotatable bonds is 3. The maximum atomic E-state index is 12.6. The fraction of sp³-hybridized carbons (Fsp3) is 0.500. The molecular weight excluding hydrogens is 325 g/mol. The van der Waals surface area contributed by atoms with E-state index < -0.39 is 21.8 Å². The molecule has 0 unspecified atom stereocenters.